The van der Waals surface area contributed by atoms with E-state index in [0.29, 0.717) is 6.54 Å². The highest BCUT2D eigenvalue weighted by Crippen LogP contribution is 2.16. The van der Waals surface area contributed by atoms with E-state index in [1.807, 2.05) is 37.2 Å². The highest BCUT2D eigenvalue weighted by Gasteiger charge is 2.05. The van der Waals surface area contributed by atoms with Gasteiger partial charge in [0.1, 0.15) is 5.82 Å². The summed E-state index contributed by atoms with van der Waals surface area (Å²) >= 11 is 1.77. The SMILES string of the molecule is CCNC(=NCc1cccc(N(C)C)n1)NCCc1nc(C)c(C)s1. The van der Waals surface area contributed by atoms with E-state index in [1.165, 1.54) is 9.88 Å². The van der Waals surface area contributed by atoms with Gasteiger partial charge < -0.3 is 15.5 Å². The number of aliphatic imine (C=N–C) groups is 1. The van der Waals surface area contributed by atoms with Gasteiger partial charge in [-0.1, -0.05) is 6.07 Å². The van der Waals surface area contributed by atoms with E-state index in [0.717, 1.165) is 42.7 Å². The number of thiazole rings is 1. The lowest BCUT2D eigenvalue weighted by Gasteiger charge is -2.13. The fourth-order valence-electron chi connectivity index (χ4n) is 2.24. The van der Waals surface area contributed by atoms with E-state index in [-0.39, 0.29) is 0 Å². The van der Waals surface area contributed by atoms with Crippen LogP contribution in [0.1, 0.15) is 28.2 Å². The number of nitrogens with one attached hydrogen (secondary N) is 2. The van der Waals surface area contributed by atoms with Crippen molar-refractivity contribution >= 4 is 23.1 Å². The third-order valence-electron chi connectivity index (χ3n) is 3.70. The van der Waals surface area contributed by atoms with Gasteiger partial charge in [0.2, 0.25) is 0 Å². The average molecular weight is 361 g/mol. The molecule has 6 nitrogen and oxygen atoms in total. The number of guanidine groups is 1. The molecule has 7 heteroatoms. The van der Waals surface area contributed by atoms with Crippen LogP contribution in [0.3, 0.4) is 0 Å². The summed E-state index contributed by atoms with van der Waals surface area (Å²) in [6.45, 7) is 8.42. The van der Waals surface area contributed by atoms with Gasteiger partial charge in [-0.05, 0) is 32.9 Å². The first-order valence-corrected chi connectivity index (χ1v) is 9.39. The number of hydrogen-bond donors (Lipinski definition) is 2. The van der Waals surface area contributed by atoms with Crippen molar-refractivity contribution in [1.82, 2.24) is 20.6 Å². The molecule has 0 saturated carbocycles. The Morgan fingerprint density at radius 2 is 2.00 bits per heavy atom. The molecule has 0 saturated heterocycles. The Morgan fingerprint density at radius 3 is 2.64 bits per heavy atom. The zero-order valence-electron chi connectivity index (χ0n) is 15.8. The second kappa shape index (κ2) is 9.36. The predicted octanol–water partition coefficient (Wildman–Crippen LogP) is 2.52. The first-order chi connectivity index (χ1) is 12.0. The number of rotatable bonds is 7. The monoisotopic (exact) mass is 360 g/mol. The number of anilines is 1. The standard InChI is InChI=1S/C18H28N6S/c1-6-19-18(20-11-10-17-22-13(2)14(3)25-17)21-12-15-8-7-9-16(23-15)24(4)5/h7-9H,6,10-12H2,1-5H3,(H2,19,20,21). The zero-order chi connectivity index (χ0) is 18.2. The van der Waals surface area contributed by atoms with Gasteiger partial charge in [-0.3, -0.25) is 0 Å². The molecule has 2 aromatic rings. The highest BCUT2D eigenvalue weighted by molar-refractivity contribution is 7.11. The van der Waals surface area contributed by atoms with Gasteiger partial charge in [0.15, 0.2) is 5.96 Å². The first kappa shape index (κ1) is 19.2. The van der Waals surface area contributed by atoms with Gasteiger partial charge in [-0.25, -0.2) is 15.0 Å². The summed E-state index contributed by atoms with van der Waals surface area (Å²) in [5, 5.41) is 7.82. The molecule has 0 bridgehead atoms. The van der Waals surface area contributed by atoms with Crippen molar-refractivity contribution in [1.29, 1.82) is 0 Å². The Labute approximate surface area is 154 Å². The van der Waals surface area contributed by atoms with Crippen LogP contribution >= 0.6 is 11.3 Å². The van der Waals surface area contributed by atoms with Crippen molar-refractivity contribution < 1.29 is 0 Å². The van der Waals surface area contributed by atoms with Crippen molar-refractivity contribution in [3.05, 3.63) is 39.5 Å². The number of pyridine rings is 1. The van der Waals surface area contributed by atoms with E-state index in [4.69, 9.17) is 0 Å². The van der Waals surface area contributed by atoms with Crippen LogP contribution in [0.2, 0.25) is 0 Å². The third-order valence-corrected chi connectivity index (χ3v) is 4.83. The molecule has 0 aromatic carbocycles. The molecule has 2 aromatic heterocycles. The van der Waals surface area contributed by atoms with Crippen LogP contribution in [-0.4, -0.2) is 43.1 Å². The number of aromatic nitrogens is 2. The minimum Gasteiger partial charge on any atom is -0.363 e. The molecule has 2 heterocycles. The lowest BCUT2D eigenvalue weighted by molar-refractivity contribution is 0.792. The van der Waals surface area contributed by atoms with Gasteiger partial charge in [-0.15, -0.1) is 11.3 Å². The van der Waals surface area contributed by atoms with Crippen LogP contribution in [0.25, 0.3) is 0 Å². The van der Waals surface area contributed by atoms with Crippen LogP contribution in [0.4, 0.5) is 5.82 Å². The predicted molar refractivity (Wildman–Crippen MR) is 107 cm³/mol. The average Bonchev–Trinajstić information content (AvgIpc) is 2.91. The maximum atomic E-state index is 4.63. The molecular formula is C18H28N6S. The molecule has 0 atom stereocenters. The third kappa shape index (κ3) is 6.01. The van der Waals surface area contributed by atoms with Crippen molar-refractivity contribution in [3.8, 4) is 0 Å². The largest absolute Gasteiger partial charge is 0.363 e. The number of hydrogen-bond acceptors (Lipinski definition) is 5. The van der Waals surface area contributed by atoms with Gasteiger partial charge >= 0.3 is 0 Å². The minimum absolute atomic E-state index is 0.548. The fraction of sp³-hybridized carbons (Fsp3) is 0.500. The number of nitrogens with zero attached hydrogens (tertiary/aromatic N) is 4. The molecule has 25 heavy (non-hydrogen) atoms. The van der Waals surface area contributed by atoms with Crippen molar-refractivity contribution in [2.45, 2.75) is 33.7 Å². The molecule has 0 fully saturated rings. The molecule has 0 aliphatic heterocycles. The summed E-state index contributed by atoms with van der Waals surface area (Å²) in [5.74, 6) is 1.75. The second-order valence-corrected chi connectivity index (χ2v) is 7.29. The van der Waals surface area contributed by atoms with Crippen LogP contribution in [0, 0.1) is 13.8 Å². The lowest BCUT2D eigenvalue weighted by atomic mass is 10.3. The molecular weight excluding hydrogens is 332 g/mol. The van der Waals surface area contributed by atoms with Crippen LogP contribution in [0.5, 0.6) is 0 Å². The van der Waals surface area contributed by atoms with Crippen LogP contribution < -0.4 is 15.5 Å². The van der Waals surface area contributed by atoms with Crippen molar-refractivity contribution in [3.63, 3.8) is 0 Å². The number of aryl methyl sites for hydroxylation is 2. The minimum atomic E-state index is 0.548. The molecule has 2 N–H and O–H groups in total. The summed E-state index contributed by atoms with van der Waals surface area (Å²) in [5.41, 5.74) is 2.09. The smallest absolute Gasteiger partial charge is 0.191 e. The van der Waals surface area contributed by atoms with E-state index in [2.05, 4.69) is 46.4 Å². The Hall–Kier alpha value is -2.15. The van der Waals surface area contributed by atoms with E-state index >= 15 is 0 Å². The van der Waals surface area contributed by atoms with E-state index in [9.17, 15) is 0 Å². The molecule has 2 rings (SSSR count). The topological polar surface area (TPSA) is 65.4 Å². The van der Waals surface area contributed by atoms with E-state index < -0.39 is 0 Å². The molecule has 0 aliphatic carbocycles. The molecule has 0 unspecified atom stereocenters. The maximum absolute atomic E-state index is 4.63. The van der Waals surface area contributed by atoms with Gasteiger partial charge in [0, 0.05) is 38.5 Å². The summed E-state index contributed by atoms with van der Waals surface area (Å²) < 4.78 is 0. The molecule has 136 valence electrons. The van der Waals surface area contributed by atoms with Crippen LogP contribution in [0.15, 0.2) is 23.2 Å². The Morgan fingerprint density at radius 1 is 1.20 bits per heavy atom. The Kier molecular flexibility index (Phi) is 7.18. The molecule has 0 amide bonds. The Balaban J connectivity index is 1.92. The summed E-state index contributed by atoms with van der Waals surface area (Å²) in [4.78, 5) is 17.1. The van der Waals surface area contributed by atoms with Gasteiger partial charge in [0.05, 0.1) is 22.9 Å². The summed E-state index contributed by atoms with van der Waals surface area (Å²) in [6, 6.07) is 6.01. The first-order valence-electron chi connectivity index (χ1n) is 8.58. The summed E-state index contributed by atoms with van der Waals surface area (Å²) in [6.07, 6.45) is 0.901. The molecule has 0 spiro atoms. The van der Waals surface area contributed by atoms with Gasteiger partial charge in [0.25, 0.3) is 0 Å². The molecule has 0 aliphatic rings. The van der Waals surface area contributed by atoms with Crippen molar-refractivity contribution in [2.75, 3.05) is 32.1 Å². The normalized spacial score (nSPS) is 11.5. The lowest BCUT2D eigenvalue weighted by Crippen LogP contribution is -2.38. The Bertz CT molecular complexity index is 688. The quantitative estimate of drug-likeness (QED) is 0.587. The second-order valence-electron chi connectivity index (χ2n) is 6.00. The maximum Gasteiger partial charge on any atom is 0.191 e. The van der Waals surface area contributed by atoms with Gasteiger partial charge in [-0.2, -0.15) is 0 Å². The molecule has 0 radical (unpaired) electrons. The fourth-order valence-corrected chi connectivity index (χ4v) is 3.17. The van der Waals surface area contributed by atoms with Crippen molar-refractivity contribution in [2.24, 2.45) is 4.99 Å². The van der Waals surface area contributed by atoms with E-state index in [1.54, 1.807) is 11.3 Å². The summed E-state index contributed by atoms with van der Waals surface area (Å²) in [7, 11) is 3.98. The highest BCUT2D eigenvalue weighted by atomic mass is 32.1. The van der Waals surface area contributed by atoms with Crippen LogP contribution in [-0.2, 0) is 13.0 Å². The zero-order valence-corrected chi connectivity index (χ0v) is 16.6.